The van der Waals surface area contributed by atoms with Crippen molar-refractivity contribution in [2.75, 3.05) is 20.3 Å². The Morgan fingerprint density at radius 3 is 2.44 bits per heavy atom. The molecule has 0 aliphatic heterocycles. The van der Waals surface area contributed by atoms with Gasteiger partial charge in [0.1, 0.15) is 17.4 Å². The number of nitrogens with zero attached hydrogens (tertiary/aromatic N) is 3. The van der Waals surface area contributed by atoms with Crippen LogP contribution in [0.5, 0.6) is 11.6 Å². The maximum absolute atomic E-state index is 13.8. The van der Waals surface area contributed by atoms with Crippen LogP contribution in [0.3, 0.4) is 0 Å². The zero-order valence-corrected chi connectivity index (χ0v) is 18.8. The average molecular weight is 446 g/mol. The molecular formula is C24H29F2N3O3. The predicted octanol–water partition coefficient (Wildman–Crippen LogP) is 4.47. The fourth-order valence-corrected chi connectivity index (χ4v) is 3.40. The number of hydrogen-bond donors (Lipinski definition) is 1. The fraction of sp³-hybridized carbons (Fsp3) is 0.375. The number of aliphatic hydroxyl groups is 1. The molecule has 1 heterocycles. The van der Waals surface area contributed by atoms with Crippen LogP contribution in [-0.2, 0) is 11.3 Å². The number of aliphatic hydroxyl groups excluding tert-OH is 1. The smallest absolute Gasteiger partial charge is 0.227 e. The lowest BCUT2D eigenvalue weighted by Gasteiger charge is -2.28. The lowest BCUT2D eigenvalue weighted by Crippen LogP contribution is -2.38. The van der Waals surface area contributed by atoms with Crippen molar-refractivity contribution < 1.29 is 23.4 Å². The van der Waals surface area contributed by atoms with E-state index in [1.807, 2.05) is 20.8 Å². The molecule has 0 aliphatic rings. The van der Waals surface area contributed by atoms with Crippen LogP contribution in [-0.4, -0.2) is 52.2 Å². The Morgan fingerprint density at radius 2 is 1.81 bits per heavy atom. The van der Waals surface area contributed by atoms with Gasteiger partial charge in [-0.15, -0.1) is 0 Å². The highest BCUT2D eigenvalue weighted by Gasteiger charge is 2.24. The summed E-state index contributed by atoms with van der Waals surface area (Å²) in [4.78, 5) is 2.08. The predicted molar refractivity (Wildman–Crippen MR) is 118 cm³/mol. The van der Waals surface area contributed by atoms with Crippen molar-refractivity contribution in [3.8, 4) is 17.3 Å². The van der Waals surface area contributed by atoms with E-state index in [1.165, 1.54) is 24.3 Å². The van der Waals surface area contributed by atoms with Gasteiger partial charge in [0.05, 0.1) is 29.7 Å². The number of aromatic nitrogens is 2. The number of benzene rings is 2. The van der Waals surface area contributed by atoms with Crippen LogP contribution in [0.4, 0.5) is 8.78 Å². The third-order valence-electron chi connectivity index (χ3n) is 5.11. The highest BCUT2D eigenvalue weighted by atomic mass is 19.1. The summed E-state index contributed by atoms with van der Waals surface area (Å²) in [5, 5.41) is 14.9. The summed E-state index contributed by atoms with van der Waals surface area (Å²) >= 11 is 0. The van der Waals surface area contributed by atoms with Gasteiger partial charge in [0.15, 0.2) is 0 Å². The summed E-state index contributed by atoms with van der Waals surface area (Å²) < 4.78 is 40.0. The second-order valence-corrected chi connectivity index (χ2v) is 7.95. The van der Waals surface area contributed by atoms with Crippen molar-refractivity contribution in [2.45, 2.75) is 39.5 Å². The molecule has 3 aromatic rings. The second-order valence-electron chi connectivity index (χ2n) is 7.95. The summed E-state index contributed by atoms with van der Waals surface area (Å²) in [5.74, 6) is -0.0414. The Bertz CT molecular complexity index is 1020. The minimum Gasteiger partial charge on any atom is -0.438 e. The molecule has 3 rings (SSSR count). The fourth-order valence-electron chi connectivity index (χ4n) is 3.40. The van der Waals surface area contributed by atoms with Crippen LogP contribution in [0.15, 0.2) is 48.5 Å². The molecule has 6 nitrogen and oxygen atoms in total. The molecule has 0 amide bonds. The zero-order valence-electron chi connectivity index (χ0n) is 18.8. The van der Waals surface area contributed by atoms with Gasteiger partial charge < -0.3 is 14.6 Å². The second kappa shape index (κ2) is 10.7. The summed E-state index contributed by atoms with van der Waals surface area (Å²) in [6.45, 7) is 6.99. The summed E-state index contributed by atoms with van der Waals surface area (Å²) in [7, 11) is 1.55. The van der Waals surface area contributed by atoms with E-state index in [4.69, 9.17) is 9.47 Å². The first-order valence-corrected chi connectivity index (χ1v) is 10.5. The highest BCUT2D eigenvalue weighted by molar-refractivity contribution is 5.43. The Kier molecular flexibility index (Phi) is 7.95. The van der Waals surface area contributed by atoms with Crippen molar-refractivity contribution in [2.24, 2.45) is 0 Å². The quantitative estimate of drug-likeness (QED) is 0.499. The largest absolute Gasteiger partial charge is 0.438 e. The van der Waals surface area contributed by atoms with E-state index in [1.54, 1.807) is 36.1 Å². The molecule has 0 saturated carbocycles. The van der Waals surface area contributed by atoms with Crippen LogP contribution in [0.1, 0.15) is 25.1 Å². The minimum atomic E-state index is -0.651. The van der Waals surface area contributed by atoms with Crippen molar-refractivity contribution in [3.05, 3.63) is 71.4 Å². The lowest BCUT2D eigenvalue weighted by molar-refractivity contribution is 0.0277. The van der Waals surface area contributed by atoms with Gasteiger partial charge in [-0.2, -0.15) is 5.10 Å². The molecule has 1 N–H and O–H groups in total. The summed E-state index contributed by atoms with van der Waals surface area (Å²) in [5.41, 5.74) is 2.12. The SMILES string of the molecule is COC[C@H](O)CN(Cc1c(C)nn(-c2ccc(F)cc2)c1Oc1cccc(F)c1)C(C)C. The number of methoxy groups -OCH3 is 1. The average Bonchev–Trinajstić information content (AvgIpc) is 3.03. The standard InChI is InChI=1S/C24H29F2N3O3/c1-16(2)28(13-21(30)15-31-4)14-23-17(3)27-29(20-10-8-18(25)9-11-20)24(23)32-22-7-5-6-19(26)12-22/h5-12,16,21,30H,13-15H2,1-4H3/t21-/m1/s1. The molecule has 1 aromatic heterocycles. The van der Waals surface area contributed by atoms with Crippen LogP contribution < -0.4 is 4.74 Å². The van der Waals surface area contributed by atoms with E-state index in [-0.39, 0.29) is 18.5 Å². The number of halogens is 2. The van der Waals surface area contributed by atoms with Gasteiger partial charge in [-0.1, -0.05) is 6.07 Å². The first-order chi connectivity index (χ1) is 15.3. The van der Waals surface area contributed by atoms with Crippen molar-refractivity contribution in [1.29, 1.82) is 0 Å². The minimum absolute atomic E-state index is 0.122. The van der Waals surface area contributed by atoms with Crippen LogP contribution in [0.2, 0.25) is 0 Å². The lowest BCUT2D eigenvalue weighted by atomic mass is 10.2. The van der Waals surface area contributed by atoms with Crippen molar-refractivity contribution in [3.63, 3.8) is 0 Å². The topological polar surface area (TPSA) is 59.8 Å². The summed E-state index contributed by atoms with van der Waals surface area (Å²) in [6, 6.07) is 11.9. The Hall–Kier alpha value is -2.81. The van der Waals surface area contributed by atoms with Gasteiger partial charge in [-0.05, 0) is 57.2 Å². The normalized spacial score (nSPS) is 12.5. The molecule has 0 spiro atoms. The molecule has 0 aliphatic carbocycles. The van der Waals surface area contributed by atoms with Gasteiger partial charge in [0, 0.05) is 32.3 Å². The van der Waals surface area contributed by atoms with E-state index >= 15 is 0 Å². The molecule has 8 heteroatoms. The monoisotopic (exact) mass is 445 g/mol. The van der Waals surface area contributed by atoms with Crippen molar-refractivity contribution in [1.82, 2.24) is 14.7 Å². The molecular weight excluding hydrogens is 416 g/mol. The Labute approximate surface area is 187 Å². The molecule has 0 fully saturated rings. The Balaban J connectivity index is 2.02. The Morgan fingerprint density at radius 1 is 1.09 bits per heavy atom. The van der Waals surface area contributed by atoms with E-state index in [9.17, 15) is 13.9 Å². The van der Waals surface area contributed by atoms with Gasteiger partial charge >= 0.3 is 0 Å². The summed E-state index contributed by atoms with van der Waals surface area (Å²) in [6.07, 6.45) is -0.651. The van der Waals surface area contributed by atoms with Crippen LogP contribution in [0.25, 0.3) is 5.69 Å². The number of ether oxygens (including phenoxy) is 2. The highest BCUT2D eigenvalue weighted by Crippen LogP contribution is 2.32. The zero-order chi connectivity index (χ0) is 23.3. The molecule has 0 radical (unpaired) electrons. The number of rotatable bonds is 10. The van der Waals surface area contributed by atoms with E-state index < -0.39 is 11.9 Å². The molecule has 172 valence electrons. The van der Waals surface area contributed by atoms with Gasteiger partial charge in [0.25, 0.3) is 0 Å². The molecule has 0 saturated heterocycles. The van der Waals surface area contributed by atoms with Gasteiger partial charge in [-0.25, -0.2) is 13.5 Å². The van der Waals surface area contributed by atoms with Gasteiger partial charge in [-0.3, -0.25) is 4.90 Å². The van der Waals surface area contributed by atoms with Crippen molar-refractivity contribution >= 4 is 0 Å². The number of aryl methyl sites for hydroxylation is 1. The molecule has 1 atom stereocenters. The molecule has 0 bridgehead atoms. The molecule has 2 aromatic carbocycles. The molecule has 32 heavy (non-hydrogen) atoms. The van der Waals surface area contributed by atoms with Crippen LogP contribution >= 0.6 is 0 Å². The van der Waals surface area contributed by atoms with Gasteiger partial charge in [0.2, 0.25) is 5.88 Å². The molecule has 0 unspecified atom stereocenters. The van der Waals surface area contributed by atoms with Crippen LogP contribution in [0, 0.1) is 18.6 Å². The first kappa shape index (κ1) is 23.8. The maximum atomic E-state index is 13.8. The third kappa shape index (κ3) is 5.91. The number of hydrogen-bond acceptors (Lipinski definition) is 5. The first-order valence-electron chi connectivity index (χ1n) is 10.5. The van der Waals surface area contributed by atoms with E-state index in [0.717, 1.165) is 5.56 Å². The third-order valence-corrected chi connectivity index (χ3v) is 5.11. The van der Waals surface area contributed by atoms with E-state index in [2.05, 4.69) is 10.00 Å². The maximum Gasteiger partial charge on any atom is 0.227 e. The van der Waals surface area contributed by atoms with E-state index in [0.29, 0.717) is 36.1 Å².